The van der Waals surface area contributed by atoms with Crippen molar-refractivity contribution >= 4 is 17.9 Å². The Morgan fingerprint density at radius 2 is 0.550 bits per heavy atom. The Labute approximate surface area is 372 Å². The molecule has 0 spiro atoms. The molecule has 0 saturated carbocycles. The van der Waals surface area contributed by atoms with Gasteiger partial charge in [0, 0.05) is 19.3 Å². The first-order valence-corrected chi connectivity index (χ1v) is 26.0. The van der Waals surface area contributed by atoms with E-state index in [1.165, 1.54) is 148 Å². The van der Waals surface area contributed by atoms with E-state index in [2.05, 4.69) is 57.2 Å². The van der Waals surface area contributed by atoms with Gasteiger partial charge in [0.1, 0.15) is 13.2 Å². The van der Waals surface area contributed by atoms with Crippen LogP contribution >= 0.6 is 0 Å². The van der Waals surface area contributed by atoms with Crippen LogP contribution in [0.3, 0.4) is 0 Å². The molecule has 0 aromatic carbocycles. The number of rotatable bonds is 47. The topological polar surface area (TPSA) is 78.9 Å². The van der Waals surface area contributed by atoms with Crippen molar-refractivity contribution in [2.24, 2.45) is 0 Å². The Morgan fingerprint density at radius 1 is 0.317 bits per heavy atom. The molecule has 60 heavy (non-hydrogen) atoms. The minimum absolute atomic E-state index is 0.0810. The van der Waals surface area contributed by atoms with Gasteiger partial charge in [0.05, 0.1) is 0 Å². The van der Waals surface area contributed by atoms with E-state index < -0.39 is 6.10 Å². The normalized spacial score (nSPS) is 12.2. The molecule has 1 atom stereocenters. The van der Waals surface area contributed by atoms with E-state index >= 15 is 0 Å². The van der Waals surface area contributed by atoms with Crippen molar-refractivity contribution in [3.8, 4) is 0 Å². The van der Waals surface area contributed by atoms with Crippen molar-refractivity contribution < 1.29 is 28.6 Å². The summed E-state index contributed by atoms with van der Waals surface area (Å²) in [6, 6.07) is 0. The minimum atomic E-state index is -0.780. The summed E-state index contributed by atoms with van der Waals surface area (Å²) in [6.45, 7) is 6.60. The molecule has 0 saturated heterocycles. The Hall–Kier alpha value is -2.37. The maximum absolute atomic E-state index is 12.8. The van der Waals surface area contributed by atoms with E-state index in [0.29, 0.717) is 19.3 Å². The molecule has 0 aromatic rings. The molecule has 0 amide bonds. The molecule has 6 heteroatoms. The quantitative estimate of drug-likeness (QED) is 0.0263. The maximum Gasteiger partial charge on any atom is 0.306 e. The highest BCUT2D eigenvalue weighted by Gasteiger charge is 2.19. The third kappa shape index (κ3) is 46.7. The zero-order valence-electron chi connectivity index (χ0n) is 40.0. The molecule has 1 unspecified atom stereocenters. The van der Waals surface area contributed by atoms with Crippen molar-refractivity contribution in [1.82, 2.24) is 0 Å². The van der Waals surface area contributed by atoms with E-state index in [-0.39, 0.29) is 31.1 Å². The minimum Gasteiger partial charge on any atom is -0.462 e. The van der Waals surface area contributed by atoms with Crippen LogP contribution in [0.1, 0.15) is 271 Å². The first-order valence-electron chi connectivity index (χ1n) is 26.0. The van der Waals surface area contributed by atoms with Gasteiger partial charge in [0.2, 0.25) is 0 Å². The van der Waals surface area contributed by atoms with Gasteiger partial charge in [0.25, 0.3) is 0 Å². The molecule has 0 aliphatic rings. The molecule has 0 heterocycles. The van der Waals surface area contributed by atoms with Crippen molar-refractivity contribution in [1.29, 1.82) is 0 Å². The molecule has 350 valence electrons. The summed E-state index contributed by atoms with van der Waals surface area (Å²) in [5.41, 5.74) is 0. The number of carbonyl (C=O) groups is 3. The highest BCUT2D eigenvalue weighted by molar-refractivity contribution is 5.71. The summed E-state index contributed by atoms with van der Waals surface area (Å²) in [5.74, 6) is -0.898. The molecule has 6 nitrogen and oxygen atoms in total. The smallest absolute Gasteiger partial charge is 0.306 e. The average molecular weight is 843 g/mol. The monoisotopic (exact) mass is 843 g/mol. The van der Waals surface area contributed by atoms with Gasteiger partial charge >= 0.3 is 17.9 Å². The van der Waals surface area contributed by atoms with Crippen molar-refractivity contribution in [2.45, 2.75) is 277 Å². The van der Waals surface area contributed by atoms with E-state index in [1.807, 2.05) is 0 Å². The van der Waals surface area contributed by atoms with Crippen molar-refractivity contribution in [3.63, 3.8) is 0 Å². The molecule has 0 N–H and O–H groups in total. The molecule has 0 aromatic heterocycles. The fourth-order valence-electron chi connectivity index (χ4n) is 7.37. The zero-order chi connectivity index (χ0) is 43.7. The number of allylic oxidation sites excluding steroid dienone is 6. The second kappa shape index (κ2) is 49.3. The van der Waals surface area contributed by atoms with Crippen LogP contribution in [-0.4, -0.2) is 37.2 Å². The second-order valence-corrected chi connectivity index (χ2v) is 17.4. The van der Waals surface area contributed by atoms with Crippen LogP contribution in [-0.2, 0) is 28.6 Å². The maximum atomic E-state index is 12.8. The van der Waals surface area contributed by atoms with Gasteiger partial charge in [-0.2, -0.15) is 0 Å². The van der Waals surface area contributed by atoms with Gasteiger partial charge in [-0.25, -0.2) is 0 Å². The summed E-state index contributed by atoms with van der Waals surface area (Å²) in [7, 11) is 0. The largest absolute Gasteiger partial charge is 0.462 e. The number of esters is 3. The lowest BCUT2D eigenvalue weighted by Crippen LogP contribution is -2.30. The molecule has 0 rings (SSSR count). The highest BCUT2D eigenvalue weighted by atomic mass is 16.6. The van der Waals surface area contributed by atoms with Gasteiger partial charge in [-0.05, 0) is 96.3 Å². The predicted octanol–water partition coefficient (Wildman–Crippen LogP) is 16.9. The summed E-state index contributed by atoms with van der Waals surface area (Å²) >= 11 is 0. The van der Waals surface area contributed by atoms with Crippen LogP contribution in [0, 0.1) is 0 Å². The summed E-state index contributed by atoms with van der Waals surface area (Å²) in [5, 5.41) is 0. The summed E-state index contributed by atoms with van der Waals surface area (Å²) < 4.78 is 16.8. The molecule has 0 radical (unpaired) electrons. The number of carbonyl (C=O) groups excluding carboxylic acids is 3. The van der Waals surface area contributed by atoms with Gasteiger partial charge < -0.3 is 14.2 Å². The van der Waals surface area contributed by atoms with E-state index in [4.69, 9.17) is 14.2 Å². The lowest BCUT2D eigenvalue weighted by molar-refractivity contribution is -0.167. The first kappa shape index (κ1) is 57.6. The van der Waals surface area contributed by atoms with Crippen LogP contribution < -0.4 is 0 Å². The molecule has 0 bridgehead atoms. The van der Waals surface area contributed by atoms with Gasteiger partial charge in [0.15, 0.2) is 6.10 Å². The second-order valence-electron chi connectivity index (χ2n) is 17.4. The highest BCUT2D eigenvalue weighted by Crippen LogP contribution is 2.14. The fraction of sp³-hybridized carbons (Fsp3) is 0.833. The van der Waals surface area contributed by atoms with E-state index in [1.54, 1.807) is 0 Å². The summed E-state index contributed by atoms with van der Waals surface area (Å²) in [4.78, 5) is 37.9. The number of unbranched alkanes of at least 4 members (excludes halogenated alkanes) is 30. The van der Waals surface area contributed by atoms with E-state index in [9.17, 15) is 14.4 Å². The average Bonchev–Trinajstić information content (AvgIpc) is 3.24. The van der Waals surface area contributed by atoms with Gasteiger partial charge in [-0.1, -0.05) is 192 Å². The Kier molecular flexibility index (Phi) is 47.3. The molecular formula is C54H98O6. The van der Waals surface area contributed by atoms with Crippen LogP contribution in [0.25, 0.3) is 0 Å². The third-order valence-electron chi connectivity index (χ3n) is 11.3. The zero-order valence-corrected chi connectivity index (χ0v) is 40.0. The number of ether oxygens (including phenoxy) is 3. The predicted molar refractivity (Wildman–Crippen MR) is 256 cm³/mol. The Bertz CT molecular complexity index is 1020. The lowest BCUT2D eigenvalue weighted by Gasteiger charge is -2.18. The van der Waals surface area contributed by atoms with Crippen LogP contribution in [0.2, 0.25) is 0 Å². The van der Waals surface area contributed by atoms with Crippen molar-refractivity contribution in [3.05, 3.63) is 36.5 Å². The SMILES string of the molecule is CCCCCC/C=C\CCCCCCCC(=O)OCC(COC(=O)CCCCCCC/C=C\CCCCCCCC)OC(=O)CCCCCCC/C=C\CCCCCCC. The summed E-state index contributed by atoms with van der Waals surface area (Å²) in [6.07, 6.45) is 56.9. The number of hydrogen-bond acceptors (Lipinski definition) is 6. The Balaban J connectivity index is 4.39. The van der Waals surface area contributed by atoms with Crippen LogP contribution in [0.5, 0.6) is 0 Å². The standard InChI is InChI=1S/C54H98O6/c1-4-7-10-13-16-19-22-25-27-30-32-35-38-41-44-47-53(56)59-50-51(49-58-52(55)46-43-40-37-34-31-28-24-21-18-15-12-9-6-3)60-54(57)48-45-42-39-36-33-29-26-23-20-17-14-11-8-5-2/h21,23-27,51H,4-20,22,28-50H2,1-3H3/b24-21-,26-23-,27-25-. The number of hydrogen-bond donors (Lipinski definition) is 0. The first-order chi connectivity index (χ1) is 29.5. The van der Waals surface area contributed by atoms with Crippen LogP contribution in [0.15, 0.2) is 36.5 Å². The lowest BCUT2D eigenvalue weighted by atomic mass is 10.1. The van der Waals surface area contributed by atoms with Gasteiger partial charge in [-0.15, -0.1) is 0 Å². The molecule has 0 aliphatic heterocycles. The van der Waals surface area contributed by atoms with E-state index in [0.717, 1.165) is 83.5 Å². The van der Waals surface area contributed by atoms with Crippen molar-refractivity contribution in [2.75, 3.05) is 13.2 Å². The van der Waals surface area contributed by atoms with Crippen LogP contribution in [0.4, 0.5) is 0 Å². The molecule has 0 fully saturated rings. The fourth-order valence-corrected chi connectivity index (χ4v) is 7.37. The Morgan fingerprint density at radius 3 is 0.850 bits per heavy atom. The molecular weight excluding hydrogens is 745 g/mol. The molecule has 0 aliphatic carbocycles. The third-order valence-corrected chi connectivity index (χ3v) is 11.3. The van der Waals surface area contributed by atoms with Gasteiger partial charge in [-0.3, -0.25) is 14.4 Å².